The van der Waals surface area contributed by atoms with Gasteiger partial charge in [-0.05, 0) is 31.2 Å². The molecule has 2 rings (SSSR count). The molecule has 0 radical (unpaired) electrons. The number of esters is 1. The van der Waals surface area contributed by atoms with Gasteiger partial charge in [-0.1, -0.05) is 12.1 Å². The summed E-state index contributed by atoms with van der Waals surface area (Å²) in [5.41, 5.74) is 0.972. The minimum atomic E-state index is -0.509. The van der Waals surface area contributed by atoms with E-state index in [0.29, 0.717) is 17.7 Å². The Labute approximate surface area is 144 Å². The summed E-state index contributed by atoms with van der Waals surface area (Å²) >= 11 is 0. The van der Waals surface area contributed by atoms with Crippen molar-refractivity contribution in [1.29, 1.82) is 5.26 Å². The molecule has 0 saturated carbocycles. The van der Waals surface area contributed by atoms with Crippen molar-refractivity contribution in [2.45, 2.75) is 13.5 Å². The largest absolute Gasteiger partial charge is 0.483 e. The average Bonchev–Trinajstić information content (AvgIpc) is 2.65. The van der Waals surface area contributed by atoms with Gasteiger partial charge in [-0.3, -0.25) is 4.79 Å². The minimum absolute atomic E-state index is 0.0540. The van der Waals surface area contributed by atoms with Gasteiger partial charge in [-0.2, -0.15) is 5.26 Å². The van der Waals surface area contributed by atoms with E-state index in [-0.39, 0.29) is 36.8 Å². The highest BCUT2D eigenvalue weighted by atomic mass is 16.5. The molecule has 0 saturated heterocycles. The molecule has 128 valence electrons. The van der Waals surface area contributed by atoms with Crippen molar-refractivity contribution in [2.75, 3.05) is 13.2 Å². The Morgan fingerprint density at radius 3 is 2.76 bits per heavy atom. The number of aldehydes is 1. The van der Waals surface area contributed by atoms with Crippen LogP contribution in [0.3, 0.4) is 0 Å². The third-order valence-electron chi connectivity index (χ3n) is 3.08. The smallest absolute Gasteiger partial charge is 0.356 e. The molecule has 0 aliphatic carbocycles. The lowest BCUT2D eigenvalue weighted by atomic mass is 10.2. The SMILES string of the molecule is CCOC(=O)c1cccc(COc2cccc(C=O)c2OCC#N)n1. The molecule has 0 N–H and O–H groups in total. The van der Waals surface area contributed by atoms with Crippen molar-refractivity contribution in [1.82, 2.24) is 4.98 Å². The van der Waals surface area contributed by atoms with Crippen LogP contribution >= 0.6 is 0 Å². The van der Waals surface area contributed by atoms with Crippen LogP contribution in [0.25, 0.3) is 0 Å². The summed E-state index contributed by atoms with van der Waals surface area (Å²) in [6.45, 7) is 1.82. The predicted molar refractivity (Wildman–Crippen MR) is 87.5 cm³/mol. The number of nitriles is 1. The van der Waals surface area contributed by atoms with E-state index in [1.165, 1.54) is 0 Å². The quantitative estimate of drug-likeness (QED) is 0.538. The van der Waals surface area contributed by atoms with E-state index in [9.17, 15) is 9.59 Å². The highest BCUT2D eigenvalue weighted by Gasteiger charge is 2.13. The van der Waals surface area contributed by atoms with E-state index in [4.69, 9.17) is 19.5 Å². The summed E-state index contributed by atoms with van der Waals surface area (Å²) in [5.74, 6) is -0.00544. The topological polar surface area (TPSA) is 98.5 Å². The molecule has 7 nitrogen and oxygen atoms in total. The minimum Gasteiger partial charge on any atom is -0.483 e. The van der Waals surface area contributed by atoms with Crippen LogP contribution in [0, 0.1) is 11.3 Å². The van der Waals surface area contributed by atoms with Crippen molar-refractivity contribution < 1.29 is 23.8 Å². The number of hydrogen-bond donors (Lipinski definition) is 0. The van der Waals surface area contributed by atoms with Crippen LogP contribution in [-0.2, 0) is 11.3 Å². The zero-order chi connectivity index (χ0) is 18.1. The number of pyridine rings is 1. The van der Waals surface area contributed by atoms with Crippen molar-refractivity contribution in [3.63, 3.8) is 0 Å². The van der Waals surface area contributed by atoms with Gasteiger partial charge in [0.25, 0.3) is 0 Å². The Hall–Kier alpha value is -3.40. The van der Waals surface area contributed by atoms with Crippen LogP contribution in [0.5, 0.6) is 11.5 Å². The molecule has 2 aromatic rings. The Morgan fingerprint density at radius 2 is 2.04 bits per heavy atom. The van der Waals surface area contributed by atoms with Crippen molar-refractivity contribution in [2.24, 2.45) is 0 Å². The number of ether oxygens (including phenoxy) is 3. The van der Waals surface area contributed by atoms with Gasteiger partial charge in [-0.25, -0.2) is 9.78 Å². The first-order chi connectivity index (χ1) is 12.2. The Bertz CT molecular complexity index is 798. The summed E-state index contributed by atoms with van der Waals surface area (Å²) in [5, 5.41) is 8.66. The molecule has 0 amide bonds. The fourth-order valence-corrected chi connectivity index (χ4v) is 2.03. The third-order valence-corrected chi connectivity index (χ3v) is 3.08. The second kappa shape index (κ2) is 9.03. The molecule has 25 heavy (non-hydrogen) atoms. The average molecular weight is 340 g/mol. The lowest BCUT2D eigenvalue weighted by molar-refractivity contribution is 0.0518. The monoisotopic (exact) mass is 340 g/mol. The highest BCUT2D eigenvalue weighted by molar-refractivity contribution is 5.87. The Morgan fingerprint density at radius 1 is 1.24 bits per heavy atom. The summed E-state index contributed by atoms with van der Waals surface area (Å²) in [7, 11) is 0. The molecule has 0 aliphatic rings. The molecule has 7 heteroatoms. The standard InChI is InChI=1S/C18H16N2O5/c1-2-23-18(22)15-7-4-6-14(20-15)12-25-16-8-3-5-13(11-21)17(16)24-10-9-19/h3-8,11H,2,10,12H2,1H3. The fourth-order valence-electron chi connectivity index (χ4n) is 2.03. The molecule has 1 aromatic carbocycles. The maximum absolute atomic E-state index is 11.7. The first-order valence-electron chi connectivity index (χ1n) is 7.53. The van der Waals surface area contributed by atoms with Gasteiger partial charge >= 0.3 is 5.97 Å². The van der Waals surface area contributed by atoms with Crippen LogP contribution in [-0.4, -0.2) is 30.5 Å². The third kappa shape index (κ3) is 4.78. The summed E-state index contributed by atoms with van der Waals surface area (Å²) in [4.78, 5) is 27.0. The number of nitrogens with zero attached hydrogens (tertiary/aromatic N) is 2. The van der Waals surface area contributed by atoms with Gasteiger partial charge in [0.2, 0.25) is 0 Å². The number of carbonyl (C=O) groups excluding carboxylic acids is 2. The van der Waals surface area contributed by atoms with Gasteiger partial charge in [0, 0.05) is 0 Å². The van der Waals surface area contributed by atoms with Gasteiger partial charge < -0.3 is 14.2 Å². The molecule has 0 unspecified atom stereocenters. The van der Waals surface area contributed by atoms with Crippen molar-refractivity contribution in [3.05, 3.63) is 53.3 Å². The molecule has 0 spiro atoms. The number of hydrogen-bond acceptors (Lipinski definition) is 7. The zero-order valence-electron chi connectivity index (χ0n) is 13.6. The lowest BCUT2D eigenvalue weighted by Crippen LogP contribution is -2.09. The molecule has 1 aromatic heterocycles. The van der Waals surface area contributed by atoms with Crippen molar-refractivity contribution >= 4 is 12.3 Å². The fraction of sp³-hybridized carbons (Fsp3) is 0.222. The lowest BCUT2D eigenvalue weighted by Gasteiger charge is -2.13. The molecular weight excluding hydrogens is 324 g/mol. The van der Waals surface area contributed by atoms with Crippen LogP contribution in [0.4, 0.5) is 0 Å². The molecule has 0 atom stereocenters. The van der Waals surface area contributed by atoms with E-state index in [2.05, 4.69) is 4.98 Å². The number of para-hydroxylation sites is 1. The number of carbonyl (C=O) groups is 2. The first kappa shape index (κ1) is 17.9. The van der Waals surface area contributed by atoms with E-state index < -0.39 is 5.97 Å². The second-order valence-electron chi connectivity index (χ2n) is 4.76. The molecular formula is C18H16N2O5. The van der Waals surface area contributed by atoms with E-state index in [1.807, 2.05) is 6.07 Å². The molecule has 0 fully saturated rings. The van der Waals surface area contributed by atoms with Crippen LogP contribution < -0.4 is 9.47 Å². The van der Waals surface area contributed by atoms with Crippen LogP contribution in [0.2, 0.25) is 0 Å². The number of rotatable bonds is 8. The van der Waals surface area contributed by atoms with E-state index in [0.717, 1.165) is 0 Å². The Balaban J connectivity index is 2.16. The summed E-state index contributed by atoms with van der Waals surface area (Å²) in [6.07, 6.45) is 0.624. The number of benzene rings is 1. The summed E-state index contributed by atoms with van der Waals surface area (Å²) < 4.78 is 15.8. The first-order valence-corrected chi connectivity index (χ1v) is 7.53. The highest BCUT2D eigenvalue weighted by Crippen LogP contribution is 2.30. The maximum Gasteiger partial charge on any atom is 0.356 e. The number of aromatic nitrogens is 1. The van der Waals surface area contributed by atoms with Gasteiger partial charge in [0.15, 0.2) is 24.4 Å². The predicted octanol–water partition coefficient (Wildman–Crippen LogP) is 2.55. The van der Waals surface area contributed by atoms with Crippen LogP contribution in [0.15, 0.2) is 36.4 Å². The van der Waals surface area contributed by atoms with Crippen LogP contribution in [0.1, 0.15) is 33.5 Å². The normalized spacial score (nSPS) is 9.76. The second-order valence-corrected chi connectivity index (χ2v) is 4.76. The van der Waals surface area contributed by atoms with E-state index >= 15 is 0 Å². The summed E-state index contributed by atoms with van der Waals surface area (Å²) in [6, 6.07) is 11.6. The van der Waals surface area contributed by atoms with Gasteiger partial charge in [0.1, 0.15) is 18.4 Å². The maximum atomic E-state index is 11.7. The molecule has 1 heterocycles. The molecule has 0 bridgehead atoms. The zero-order valence-corrected chi connectivity index (χ0v) is 13.6. The molecule has 0 aliphatic heterocycles. The van der Waals surface area contributed by atoms with Gasteiger partial charge in [0.05, 0.1) is 17.9 Å². The van der Waals surface area contributed by atoms with E-state index in [1.54, 1.807) is 43.3 Å². The van der Waals surface area contributed by atoms with Crippen molar-refractivity contribution in [3.8, 4) is 17.6 Å². The van der Waals surface area contributed by atoms with Gasteiger partial charge in [-0.15, -0.1) is 0 Å². The Kier molecular flexibility index (Phi) is 6.48.